The highest BCUT2D eigenvalue weighted by Crippen LogP contribution is 2.26. The Labute approximate surface area is 130 Å². The molecule has 0 fully saturated rings. The number of aromatic nitrogens is 4. The second-order valence-electron chi connectivity index (χ2n) is 5.42. The summed E-state index contributed by atoms with van der Waals surface area (Å²) < 4.78 is 3.70. The summed E-state index contributed by atoms with van der Waals surface area (Å²) in [5, 5.41) is 9.39. The van der Waals surface area contributed by atoms with Crippen LogP contribution in [0, 0.1) is 0 Å². The van der Waals surface area contributed by atoms with Crippen LogP contribution in [0.3, 0.4) is 0 Å². The molecule has 0 aromatic carbocycles. The molecule has 2 N–H and O–H groups in total. The number of nitrogens with two attached hydrogens (primary N) is 1. The van der Waals surface area contributed by atoms with E-state index in [-0.39, 0.29) is 6.04 Å². The minimum atomic E-state index is -0.333. The summed E-state index contributed by atoms with van der Waals surface area (Å²) in [6.45, 7) is 3.70. The van der Waals surface area contributed by atoms with Crippen LogP contribution in [-0.4, -0.2) is 45.1 Å². The smallest absolute Gasteiger partial charge is 0.0909 e. The summed E-state index contributed by atoms with van der Waals surface area (Å²) in [5.41, 5.74) is 9.23. The first-order valence-corrected chi connectivity index (χ1v) is 7.46. The molecule has 0 bridgehead atoms. The van der Waals surface area contributed by atoms with Crippen LogP contribution in [0.4, 0.5) is 0 Å². The molecule has 0 radical (unpaired) electrons. The molecule has 6 nitrogen and oxygen atoms in total. The van der Waals surface area contributed by atoms with Crippen molar-refractivity contribution in [3.8, 4) is 0 Å². The summed E-state index contributed by atoms with van der Waals surface area (Å²) in [5.74, 6) is 0. The normalized spacial score (nSPS) is 13.1. The molecule has 116 valence electrons. The van der Waals surface area contributed by atoms with Gasteiger partial charge in [0.1, 0.15) is 0 Å². The lowest BCUT2D eigenvalue weighted by atomic mass is 10.1. The first kappa shape index (κ1) is 16.0. The van der Waals surface area contributed by atoms with Gasteiger partial charge in [0.05, 0.1) is 40.9 Å². The van der Waals surface area contributed by atoms with Crippen molar-refractivity contribution in [3.63, 3.8) is 0 Å². The molecular weight excluding hydrogens is 288 g/mol. The molecule has 1 atom stereocenters. The highest BCUT2D eigenvalue weighted by Gasteiger charge is 2.22. The molecule has 7 heteroatoms. The van der Waals surface area contributed by atoms with Crippen LogP contribution in [-0.2, 0) is 20.0 Å². The molecule has 21 heavy (non-hydrogen) atoms. The van der Waals surface area contributed by atoms with E-state index in [9.17, 15) is 0 Å². The first-order chi connectivity index (χ1) is 9.93. The number of hydrogen-bond acceptors (Lipinski definition) is 4. The minimum absolute atomic E-state index is 0.333. The van der Waals surface area contributed by atoms with E-state index in [1.807, 2.05) is 36.6 Å². The summed E-state index contributed by atoms with van der Waals surface area (Å²) in [6, 6.07) is 1.70. The van der Waals surface area contributed by atoms with Crippen LogP contribution >= 0.6 is 11.6 Å². The third-order valence-corrected chi connectivity index (χ3v) is 3.83. The molecule has 2 aromatic rings. The van der Waals surface area contributed by atoms with E-state index in [1.165, 1.54) is 0 Å². The number of likely N-dealkylation sites (N-methyl/N-ethyl adjacent to an activating group) is 1. The van der Waals surface area contributed by atoms with Crippen molar-refractivity contribution >= 4 is 11.6 Å². The number of rotatable bonds is 6. The zero-order valence-electron chi connectivity index (χ0n) is 13.0. The van der Waals surface area contributed by atoms with Gasteiger partial charge in [-0.15, -0.1) is 0 Å². The second kappa shape index (κ2) is 6.60. The lowest BCUT2D eigenvalue weighted by Gasteiger charge is -2.17. The van der Waals surface area contributed by atoms with Crippen LogP contribution in [0.15, 0.2) is 12.3 Å². The maximum absolute atomic E-state index is 6.42. The van der Waals surface area contributed by atoms with Crippen LogP contribution in [0.25, 0.3) is 0 Å². The first-order valence-electron chi connectivity index (χ1n) is 7.08. The molecular formula is C14H23ClN6. The standard InChI is InChI=1S/C14H23ClN6/c1-5-10-8-12(20(4)18-10)13(16)14-11(15)9-17-21(14)7-6-19(2)3/h8-9,13H,5-7,16H2,1-4H3. The second-order valence-corrected chi connectivity index (χ2v) is 5.83. The van der Waals surface area contributed by atoms with Gasteiger partial charge in [0.15, 0.2) is 0 Å². The van der Waals surface area contributed by atoms with Gasteiger partial charge in [-0.2, -0.15) is 10.2 Å². The van der Waals surface area contributed by atoms with E-state index < -0.39 is 0 Å². The maximum Gasteiger partial charge on any atom is 0.0909 e. The Bertz CT molecular complexity index is 601. The fraction of sp³-hybridized carbons (Fsp3) is 0.571. The van der Waals surface area contributed by atoms with Crippen LogP contribution < -0.4 is 5.73 Å². The molecule has 0 amide bonds. The predicted molar refractivity (Wildman–Crippen MR) is 84.4 cm³/mol. The lowest BCUT2D eigenvalue weighted by molar-refractivity contribution is 0.367. The highest BCUT2D eigenvalue weighted by atomic mass is 35.5. The number of nitrogens with zero attached hydrogens (tertiary/aromatic N) is 5. The average molecular weight is 311 g/mol. The third kappa shape index (κ3) is 3.45. The SMILES string of the molecule is CCc1cc(C(N)c2c(Cl)cnn2CCN(C)C)n(C)n1. The van der Waals surface area contributed by atoms with Gasteiger partial charge in [-0.25, -0.2) is 0 Å². The van der Waals surface area contributed by atoms with Gasteiger partial charge >= 0.3 is 0 Å². The topological polar surface area (TPSA) is 64.9 Å². The fourth-order valence-electron chi connectivity index (χ4n) is 2.30. The summed E-state index contributed by atoms with van der Waals surface area (Å²) in [7, 11) is 5.96. The summed E-state index contributed by atoms with van der Waals surface area (Å²) >= 11 is 6.29. The molecule has 0 aliphatic carbocycles. The number of aryl methyl sites for hydroxylation is 2. The van der Waals surface area contributed by atoms with E-state index in [1.54, 1.807) is 6.20 Å². The molecule has 0 aliphatic heterocycles. The fourth-order valence-corrected chi connectivity index (χ4v) is 2.56. The van der Waals surface area contributed by atoms with E-state index in [0.717, 1.165) is 36.6 Å². The molecule has 2 aromatic heterocycles. The number of hydrogen-bond donors (Lipinski definition) is 1. The van der Waals surface area contributed by atoms with Gasteiger partial charge in [0.2, 0.25) is 0 Å². The van der Waals surface area contributed by atoms with Crippen molar-refractivity contribution in [1.82, 2.24) is 24.5 Å². The van der Waals surface area contributed by atoms with Gasteiger partial charge in [-0.05, 0) is 26.6 Å². The Morgan fingerprint density at radius 3 is 2.71 bits per heavy atom. The molecule has 2 heterocycles. The number of halogens is 1. The third-order valence-electron chi connectivity index (χ3n) is 3.53. The van der Waals surface area contributed by atoms with E-state index >= 15 is 0 Å². The van der Waals surface area contributed by atoms with E-state index in [0.29, 0.717) is 5.02 Å². The summed E-state index contributed by atoms with van der Waals surface area (Å²) in [6.07, 6.45) is 2.54. The zero-order chi connectivity index (χ0) is 15.6. The van der Waals surface area contributed by atoms with Gasteiger partial charge in [0, 0.05) is 13.6 Å². The molecule has 0 saturated heterocycles. The molecule has 0 spiro atoms. The zero-order valence-corrected chi connectivity index (χ0v) is 13.8. The monoisotopic (exact) mass is 310 g/mol. The largest absolute Gasteiger partial charge is 0.318 e. The van der Waals surface area contributed by atoms with Crippen molar-refractivity contribution in [2.45, 2.75) is 25.9 Å². The lowest BCUT2D eigenvalue weighted by Crippen LogP contribution is -2.24. The van der Waals surface area contributed by atoms with E-state index in [4.69, 9.17) is 17.3 Å². The van der Waals surface area contributed by atoms with Crippen LogP contribution in [0.5, 0.6) is 0 Å². The van der Waals surface area contributed by atoms with Crippen LogP contribution in [0.2, 0.25) is 5.02 Å². The van der Waals surface area contributed by atoms with Crippen molar-refractivity contribution in [2.75, 3.05) is 20.6 Å². The highest BCUT2D eigenvalue weighted by molar-refractivity contribution is 6.31. The molecule has 2 rings (SSSR count). The van der Waals surface area contributed by atoms with Gasteiger partial charge in [-0.1, -0.05) is 18.5 Å². The van der Waals surface area contributed by atoms with Crippen molar-refractivity contribution in [2.24, 2.45) is 12.8 Å². The van der Waals surface area contributed by atoms with Gasteiger partial charge in [-0.3, -0.25) is 9.36 Å². The Morgan fingerprint density at radius 2 is 2.14 bits per heavy atom. The Balaban J connectivity index is 2.31. The maximum atomic E-state index is 6.42. The predicted octanol–water partition coefficient (Wildman–Crippen LogP) is 1.44. The van der Waals surface area contributed by atoms with Gasteiger partial charge in [0.25, 0.3) is 0 Å². The summed E-state index contributed by atoms with van der Waals surface area (Å²) in [4.78, 5) is 2.10. The molecule has 0 saturated carbocycles. The van der Waals surface area contributed by atoms with Crippen molar-refractivity contribution in [1.29, 1.82) is 0 Å². The van der Waals surface area contributed by atoms with Crippen molar-refractivity contribution in [3.05, 3.63) is 34.4 Å². The Hall–Kier alpha value is -1.37. The molecule has 0 aliphatic rings. The molecule has 1 unspecified atom stereocenters. The van der Waals surface area contributed by atoms with Crippen LogP contribution in [0.1, 0.15) is 30.0 Å². The van der Waals surface area contributed by atoms with Crippen molar-refractivity contribution < 1.29 is 0 Å². The van der Waals surface area contributed by atoms with Gasteiger partial charge < -0.3 is 10.6 Å². The average Bonchev–Trinajstić information content (AvgIpc) is 2.99. The minimum Gasteiger partial charge on any atom is -0.318 e. The van der Waals surface area contributed by atoms with E-state index in [2.05, 4.69) is 22.0 Å². The Morgan fingerprint density at radius 1 is 1.43 bits per heavy atom. The quantitative estimate of drug-likeness (QED) is 0.877. The Kier molecular flexibility index (Phi) is 5.03.